The van der Waals surface area contributed by atoms with Crippen molar-refractivity contribution in [3.05, 3.63) is 0 Å². The van der Waals surface area contributed by atoms with Gasteiger partial charge in [0.2, 0.25) is 5.91 Å². The first-order valence-electron chi connectivity index (χ1n) is 5.27. The van der Waals surface area contributed by atoms with Crippen LogP contribution in [-0.4, -0.2) is 47.7 Å². The number of nitrogens with one attached hydrogen (secondary N) is 1. The van der Waals surface area contributed by atoms with Crippen LogP contribution in [0.1, 0.15) is 13.3 Å². The Bertz CT molecular complexity index is 259. The molecule has 0 aromatic carbocycles. The Morgan fingerprint density at radius 3 is 2.81 bits per heavy atom. The van der Waals surface area contributed by atoms with Gasteiger partial charge in [0.15, 0.2) is 0 Å². The average Bonchev–Trinajstić information content (AvgIpc) is 2.60. The third kappa shape index (κ3) is 4.85. The molecule has 16 heavy (non-hydrogen) atoms. The van der Waals surface area contributed by atoms with Crippen LogP contribution in [-0.2, 0) is 14.3 Å². The highest BCUT2D eigenvalue weighted by molar-refractivity contribution is 8.00. The number of amides is 1. The van der Waals surface area contributed by atoms with Gasteiger partial charge in [0, 0.05) is 19.1 Å². The number of hydrogen-bond acceptors (Lipinski definition) is 4. The number of thioether (sulfide) groups is 1. The quantitative estimate of drug-likeness (QED) is 0.708. The van der Waals surface area contributed by atoms with Gasteiger partial charge in [-0.15, -0.1) is 11.8 Å². The molecule has 0 bridgehead atoms. The minimum atomic E-state index is -0.893. The molecule has 92 valence electrons. The van der Waals surface area contributed by atoms with Crippen LogP contribution >= 0.6 is 11.8 Å². The Hall–Kier alpha value is -0.750. The van der Waals surface area contributed by atoms with E-state index in [1.165, 1.54) is 0 Å². The Labute approximate surface area is 98.9 Å². The van der Waals surface area contributed by atoms with Gasteiger partial charge in [-0.1, -0.05) is 0 Å². The van der Waals surface area contributed by atoms with Gasteiger partial charge >= 0.3 is 5.97 Å². The van der Waals surface area contributed by atoms with E-state index in [9.17, 15) is 9.59 Å². The SMILES string of the molecule is CC1OCCC1CNC(=O)CSCC(=O)O. The van der Waals surface area contributed by atoms with E-state index in [1.54, 1.807) is 0 Å². The summed E-state index contributed by atoms with van der Waals surface area (Å²) in [7, 11) is 0. The maximum absolute atomic E-state index is 11.3. The highest BCUT2D eigenvalue weighted by Crippen LogP contribution is 2.19. The van der Waals surface area contributed by atoms with Crippen molar-refractivity contribution in [3.63, 3.8) is 0 Å². The lowest BCUT2D eigenvalue weighted by molar-refractivity contribution is -0.133. The number of rotatable bonds is 6. The lowest BCUT2D eigenvalue weighted by Crippen LogP contribution is -2.33. The van der Waals surface area contributed by atoms with Crippen molar-refractivity contribution in [1.82, 2.24) is 5.32 Å². The van der Waals surface area contributed by atoms with Crippen LogP contribution in [0.2, 0.25) is 0 Å². The molecular formula is C10H17NO4S. The lowest BCUT2D eigenvalue weighted by atomic mass is 10.0. The molecule has 2 atom stereocenters. The zero-order valence-electron chi connectivity index (χ0n) is 9.27. The fourth-order valence-electron chi connectivity index (χ4n) is 1.57. The van der Waals surface area contributed by atoms with Crippen molar-refractivity contribution < 1.29 is 19.4 Å². The van der Waals surface area contributed by atoms with Gasteiger partial charge in [-0.25, -0.2) is 0 Å². The summed E-state index contributed by atoms with van der Waals surface area (Å²) in [5, 5.41) is 11.2. The Kier molecular flexibility index (Phi) is 5.62. The molecular weight excluding hydrogens is 230 g/mol. The van der Waals surface area contributed by atoms with Crippen LogP contribution in [0.15, 0.2) is 0 Å². The van der Waals surface area contributed by atoms with E-state index in [2.05, 4.69) is 5.32 Å². The Morgan fingerprint density at radius 2 is 2.25 bits per heavy atom. The Balaban J connectivity index is 2.08. The lowest BCUT2D eigenvalue weighted by Gasteiger charge is -2.14. The van der Waals surface area contributed by atoms with E-state index in [-0.39, 0.29) is 23.5 Å². The summed E-state index contributed by atoms with van der Waals surface area (Å²) in [4.78, 5) is 21.5. The second kappa shape index (κ2) is 6.75. The first kappa shape index (κ1) is 13.3. The molecule has 0 aromatic rings. The van der Waals surface area contributed by atoms with Crippen molar-refractivity contribution in [2.24, 2.45) is 5.92 Å². The smallest absolute Gasteiger partial charge is 0.313 e. The molecule has 6 heteroatoms. The number of aliphatic carboxylic acids is 1. The highest BCUT2D eigenvalue weighted by atomic mass is 32.2. The van der Waals surface area contributed by atoms with Gasteiger partial charge < -0.3 is 15.2 Å². The summed E-state index contributed by atoms with van der Waals surface area (Å²) in [6.07, 6.45) is 1.18. The summed E-state index contributed by atoms with van der Waals surface area (Å²) in [5.74, 6) is -0.445. The third-order valence-corrected chi connectivity index (χ3v) is 3.47. The zero-order valence-corrected chi connectivity index (χ0v) is 10.1. The first-order chi connectivity index (χ1) is 7.59. The maximum atomic E-state index is 11.3. The fourth-order valence-corrected chi connectivity index (χ4v) is 2.14. The molecule has 2 N–H and O–H groups in total. The van der Waals surface area contributed by atoms with Crippen LogP contribution in [0.3, 0.4) is 0 Å². The molecule has 1 rings (SSSR count). The molecule has 0 saturated carbocycles. The largest absolute Gasteiger partial charge is 0.481 e. The van der Waals surface area contributed by atoms with E-state index in [1.807, 2.05) is 6.92 Å². The van der Waals surface area contributed by atoms with Gasteiger partial charge in [0.1, 0.15) is 0 Å². The third-order valence-electron chi connectivity index (χ3n) is 2.55. The van der Waals surface area contributed by atoms with Crippen molar-refractivity contribution in [3.8, 4) is 0 Å². The molecule has 1 aliphatic rings. The minimum Gasteiger partial charge on any atom is -0.481 e. The number of hydrogen-bond donors (Lipinski definition) is 2. The van der Waals surface area contributed by atoms with E-state index in [0.717, 1.165) is 24.8 Å². The fraction of sp³-hybridized carbons (Fsp3) is 0.800. The monoisotopic (exact) mass is 247 g/mol. The summed E-state index contributed by atoms with van der Waals surface area (Å²) in [6, 6.07) is 0. The minimum absolute atomic E-state index is 0.0314. The molecule has 0 aliphatic carbocycles. The van der Waals surface area contributed by atoms with Crippen LogP contribution in [0.5, 0.6) is 0 Å². The average molecular weight is 247 g/mol. The standard InChI is InChI=1S/C10H17NO4S/c1-7-8(2-3-15-7)4-11-9(12)5-16-6-10(13)14/h7-8H,2-6H2,1H3,(H,11,12)(H,13,14). The number of carboxylic acid groups (broad SMARTS) is 1. The van der Waals surface area contributed by atoms with Crippen molar-refractivity contribution in [1.29, 1.82) is 0 Å². The van der Waals surface area contributed by atoms with Gasteiger partial charge in [-0.2, -0.15) is 0 Å². The molecule has 1 fully saturated rings. The van der Waals surface area contributed by atoms with E-state index >= 15 is 0 Å². The molecule has 0 radical (unpaired) electrons. The number of carboxylic acids is 1. The second-order valence-electron chi connectivity index (χ2n) is 3.82. The van der Waals surface area contributed by atoms with Gasteiger partial charge in [0.25, 0.3) is 0 Å². The summed E-state index contributed by atoms with van der Waals surface area (Å²) < 4.78 is 5.38. The normalized spacial score (nSPS) is 24.3. The molecule has 1 heterocycles. The summed E-state index contributed by atoms with van der Waals surface area (Å²) in [6.45, 7) is 3.38. The maximum Gasteiger partial charge on any atom is 0.313 e. The predicted molar refractivity (Wildman–Crippen MR) is 61.5 cm³/mol. The van der Waals surface area contributed by atoms with E-state index in [0.29, 0.717) is 12.5 Å². The van der Waals surface area contributed by atoms with Gasteiger partial charge in [-0.05, 0) is 13.3 Å². The van der Waals surface area contributed by atoms with Gasteiger partial charge in [-0.3, -0.25) is 9.59 Å². The topological polar surface area (TPSA) is 75.6 Å². The number of carbonyl (C=O) groups excluding carboxylic acids is 1. The molecule has 5 nitrogen and oxygen atoms in total. The molecule has 0 spiro atoms. The second-order valence-corrected chi connectivity index (χ2v) is 4.80. The van der Waals surface area contributed by atoms with Crippen LogP contribution in [0.25, 0.3) is 0 Å². The van der Waals surface area contributed by atoms with Crippen molar-refractivity contribution in [2.45, 2.75) is 19.4 Å². The van der Waals surface area contributed by atoms with Crippen LogP contribution < -0.4 is 5.32 Å². The molecule has 1 saturated heterocycles. The van der Waals surface area contributed by atoms with Crippen molar-refractivity contribution >= 4 is 23.6 Å². The predicted octanol–water partition coefficient (Wildman–Crippen LogP) is 0.345. The first-order valence-corrected chi connectivity index (χ1v) is 6.43. The molecule has 0 aromatic heterocycles. The molecule has 2 unspecified atom stereocenters. The summed E-state index contributed by atoms with van der Waals surface area (Å²) >= 11 is 1.11. The van der Waals surface area contributed by atoms with Crippen molar-refractivity contribution in [2.75, 3.05) is 24.7 Å². The van der Waals surface area contributed by atoms with Gasteiger partial charge in [0.05, 0.1) is 17.6 Å². The van der Waals surface area contributed by atoms with E-state index in [4.69, 9.17) is 9.84 Å². The zero-order chi connectivity index (χ0) is 12.0. The number of carbonyl (C=O) groups is 2. The molecule has 1 aliphatic heterocycles. The number of ether oxygens (including phenoxy) is 1. The van der Waals surface area contributed by atoms with Crippen LogP contribution in [0, 0.1) is 5.92 Å². The van der Waals surface area contributed by atoms with E-state index < -0.39 is 5.97 Å². The summed E-state index contributed by atoms with van der Waals surface area (Å²) in [5.41, 5.74) is 0. The molecule has 1 amide bonds. The van der Waals surface area contributed by atoms with Crippen LogP contribution in [0.4, 0.5) is 0 Å². The Morgan fingerprint density at radius 1 is 1.50 bits per heavy atom. The highest BCUT2D eigenvalue weighted by Gasteiger charge is 2.24.